The number of rotatable bonds is 4. The van der Waals surface area contributed by atoms with E-state index in [4.69, 9.17) is 14.7 Å². The van der Waals surface area contributed by atoms with Crippen molar-refractivity contribution in [2.75, 3.05) is 27.3 Å². The Kier molecular flexibility index (Phi) is 4.78. The van der Waals surface area contributed by atoms with Gasteiger partial charge in [0.05, 0.1) is 18.8 Å². The summed E-state index contributed by atoms with van der Waals surface area (Å²) in [5, 5.41) is 9.10. The van der Waals surface area contributed by atoms with Gasteiger partial charge in [-0.3, -0.25) is 4.90 Å². The Hall–Kier alpha value is -1.57. The Morgan fingerprint density at radius 3 is 2.95 bits per heavy atom. The van der Waals surface area contributed by atoms with Crippen LogP contribution in [-0.2, 0) is 11.3 Å². The quantitative estimate of drug-likeness (QED) is 0.832. The highest BCUT2D eigenvalue weighted by atomic mass is 16.5. The summed E-state index contributed by atoms with van der Waals surface area (Å²) < 4.78 is 10.6. The first-order valence-electron chi connectivity index (χ1n) is 6.59. The van der Waals surface area contributed by atoms with Crippen LogP contribution in [0.25, 0.3) is 0 Å². The third-order valence-electron chi connectivity index (χ3n) is 3.59. The van der Waals surface area contributed by atoms with Gasteiger partial charge in [-0.05, 0) is 37.1 Å². The average molecular weight is 260 g/mol. The smallest absolute Gasteiger partial charge is 0.136 e. The second-order valence-corrected chi connectivity index (χ2v) is 4.88. The van der Waals surface area contributed by atoms with Crippen LogP contribution in [0.3, 0.4) is 0 Å². The van der Waals surface area contributed by atoms with E-state index in [9.17, 15) is 0 Å². The van der Waals surface area contributed by atoms with Crippen LogP contribution in [0.2, 0.25) is 0 Å². The molecule has 0 N–H and O–H groups in total. The van der Waals surface area contributed by atoms with Crippen LogP contribution in [0.4, 0.5) is 0 Å². The number of ether oxygens (including phenoxy) is 2. The Balaban J connectivity index is 2.05. The molecule has 2 rings (SSSR count). The highest BCUT2D eigenvalue weighted by molar-refractivity contribution is 5.45. The molecule has 1 atom stereocenters. The molecule has 0 bridgehead atoms. The van der Waals surface area contributed by atoms with Gasteiger partial charge >= 0.3 is 0 Å². The number of piperidine rings is 1. The first-order chi connectivity index (χ1) is 9.26. The Morgan fingerprint density at radius 1 is 1.42 bits per heavy atom. The number of likely N-dealkylation sites (tertiary alicyclic amines) is 1. The maximum absolute atomic E-state index is 9.10. The minimum Gasteiger partial charge on any atom is -0.495 e. The molecule has 1 aliphatic heterocycles. The van der Waals surface area contributed by atoms with E-state index in [0.717, 1.165) is 31.6 Å². The molecule has 1 aliphatic rings. The van der Waals surface area contributed by atoms with Gasteiger partial charge in [0.1, 0.15) is 11.8 Å². The van der Waals surface area contributed by atoms with Crippen LogP contribution in [0.5, 0.6) is 5.75 Å². The monoisotopic (exact) mass is 260 g/mol. The molecule has 1 aromatic rings. The molecule has 19 heavy (non-hydrogen) atoms. The number of hydrogen-bond donors (Lipinski definition) is 0. The molecule has 0 aromatic heterocycles. The van der Waals surface area contributed by atoms with Gasteiger partial charge in [-0.15, -0.1) is 0 Å². The predicted molar refractivity (Wildman–Crippen MR) is 73.0 cm³/mol. The standard InChI is InChI=1S/C15H20N2O2/c1-18-14-4-3-7-17(11-14)10-12-5-6-15(19-2)13(8-12)9-16/h5-6,8,14H,3-4,7,10-11H2,1-2H3. The minimum absolute atomic E-state index is 0.336. The fourth-order valence-electron chi connectivity index (χ4n) is 2.55. The summed E-state index contributed by atoms with van der Waals surface area (Å²) in [4.78, 5) is 2.38. The fourth-order valence-corrected chi connectivity index (χ4v) is 2.55. The Labute approximate surface area is 114 Å². The van der Waals surface area contributed by atoms with Crippen LogP contribution in [-0.4, -0.2) is 38.3 Å². The highest BCUT2D eigenvalue weighted by Crippen LogP contribution is 2.21. The van der Waals surface area contributed by atoms with Gasteiger partial charge < -0.3 is 9.47 Å². The summed E-state index contributed by atoms with van der Waals surface area (Å²) in [7, 11) is 3.36. The van der Waals surface area contributed by atoms with Crippen LogP contribution in [0.1, 0.15) is 24.0 Å². The largest absolute Gasteiger partial charge is 0.495 e. The topological polar surface area (TPSA) is 45.5 Å². The zero-order valence-electron chi connectivity index (χ0n) is 11.6. The zero-order valence-corrected chi connectivity index (χ0v) is 11.6. The van der Waals surface area contributed by atoms with Crippen molar-refractivity contribution in [3.8, 4) is 11.8 Å². The summed E-state index contributed by atoms with van der Waals surface area (Å²) in [5.74, 6) is 0.639. The van der Waals surface area contributed by atoms with Crippen molar-refractivity contribution in [1.29, 1.82) is 5.26 Å². The van der Waals surface area contributed by atoms with Gasteiger partial charge in [0.2, 0.25) is 0 Å². The molecule has 0 spiro atoms. The molecule has 1 heterocycles. The van der Waals surface area contributed by atoms with E-state index in [1.54, 1.807) is 14.2 Å². The zero-order chi connectivity index (χ0) is 13.7. The van der Waals surface area contributed by atoms with E-state index in [1.807, 2.05) is 18.2 Å². The van der Waals surface area contributed by atoms with E-state index in [1.165, 1.54) is 6.42 Å². The van der Waals surface area contributed by atoms with E-state index >= 15 is 0 Å². The Bertz CT molecular complexity index is 468. The number of nitriles is 1. The molecule has 1 saturated heterocycles. The second kappa shape index (κ2) is 6.55. The van der Waals surface area contributed by atoms with Gasteiger partial charge in [0.25, 0.3) is 0 Å². The predicted octanol–water partition coefficient (Wildman–Crippen LogP) is 2.18. The molecule has 4 heteroatoms. The minimum atomic E-state index is 0.336. The molecule has 1 fully saturated rings. The molecule has 1 aromatic carbocycles. The Morgan fingerprint density at radius 2 is 2.26 bits per heavy atom. The summed E-state index contributed by atoms with van der Waals surface area (Å²) in [6.45, 7) is 2.91. The molecule has 0 amide bonds. The van der Waals surface area contributed by atoms with Crippen molar-refractivity contribution >= 4 is 0 Å². The molecule has 102 valence electrons. The van der Waals surface area contributed by atoms with Crippen molar-refractivity contribution < 1.29 is 9.47 Å². The van der Waals surface area contributed by atoms with E-state index in [-0.39, 0.29) is 0 Å². The third-order valence-corrected chi connectivity index (χ3v) is 3.59. The van der Waals surface area contributed by atoms with Crippen molar-refractivity contribution in [3.63, 3.8) is 0 Å². The maximum atomic E-state index is 9.10. The fraction of sp³-hybridized carbons (Fsp3) is 0.533. The second-order valence-electron chi connectivity index (χ2n) is 4.88. The van der Waals surface area contributed by atoms with E-state index in [2.05, 4.69) is 11.0 Å². The number of hydrogen-bond acceptors (Lipinski definition) is 4. The lowest BCUT2D eigenvalue weighted by Gasteiger charge is -2.31. The van der Waals surface area contributed by atoms with Gasteiger partial charge in [-0.25, -0.2) is 0 Å². The molecule has 0 radical (unpaired) electrons. The van der Waals surface area contributed by atoms with Crippen LogP contribution >= 0.6 is 0 Å². The molecule has 1 unspecified atom stereocenters. The maximum Gasteiger partial charge on any atom is 0.136 e. The molecule has 0 aliphatic carbocycles. The van der Waals surface area contributed by atoms with Crippen LogP contribution in [0.15, 0.2) is 18.2 Å². The lowest BCUT2D eigenvalue weighted by atomic mass is 10.1. The lowest BCUT2D eigenvalue weighted by Crippen LogP contribution is -2.38. The van der Waals surface area contributed by atoms with Crippen molar-refractivity contribution in [2.45, 2.75) is 25.5 Å². The third kappa shape index (κ3) is 3.46. The van der Waals surface area contributed by atoms with E-state index in [0.29, 0.717) is 17.4 Å². The van der Waals surface area contributed by atoms with Gasteiger partial charge in [0.15, 0.2) is 0 Å². The molecular weight excluding hydrogens is 240 g/mol. The van der Waals surface area contributed by atoms with Crippen molar-refractivity contribution in [2.24, 2.45) is 0 Å². The normalized spacial score (nSPS) is 19.9. The lowest BCUT2D eigenvalue weighted by molar-refractivity contribution is 0.0285. The summed E-state index contributed by atoms with van der Waals surface area (Å²) in [5.41, 5.74) is 1.74. The summed E-state index contributed by atoms with van der Waals surface area (Å²) in [6.07, 6.45) is 2.64. The SMILES string of the molecule is COc1ccc(CN2CCCC(OC)C2)cc1C#N. The number of methoxy groups -OCH3 is 2. The number of nitrogens with zero attached hydrogens (tertiary/aromatic N) is 2. The first kappa shape index (κ1) is 13.9. The summed E-state index contributed by atoms with van der Waals surface area (Å²) in [6, 6.07) is 7.98. The van der Waals surface area contributed by atoms with Crippen LogP contribution in [0, 0.1) is 11.3 Å². The van der Waals surface area contributed by atoms with Crippen molar-refractivity contribution in [3.05, 3.63) is 29.3 Å². The van der Waals surface area contributed by atoms with Gasteiger partial charge in [-0.2, -0.15) is 5.26 Å². The molecular formula is C15H20N2O2. The van der Waals surface area contributed by atoms with E-state index < -0.39 is 0 Å². The van der Waals surface area contributed by atoms with Gasteiger partial charge in [0, 0.05) is 20.2 Å². The summed E-state index contributed by atoms with van der Waals surface area (Å²) >= 11 is 0. The first-order valence-corrected chi connectivity index (χ1v) is 6.59. The average Bonchev–Trinajstić information content (AvgIpc) is 2.47. The van der Waals surface area contributed by atoms with Crippen molar-refractivity contribution in [1.82, 2.24) is 4.90 Å². The van der Waals surface area contributed by atoms with Gasteiger partial charge in [-0.1, -0.05) is 6.07 Å². The van der Waals surface area contributed by atoms with Crippen LogP contribution < -0.4 is 4.74 Å². The highest BCUT2D eigenvalue weighted by Gasteiger charge is 2.19. The molecule has 4 nitrogen and oxygen atoms in total. The number of benzene rings is 1. The molecule has 0 saturated carbocycles.